The van der Waals surface area contributed by atoms with Crippen LogP contribution < -0.4 is 10.6 Å². The molecule has 1 aromatic carbocycles. The lowest BCUT2D eigenvalue weighted by atomic mass is 10.2. The lowest BCUT2D eigenvalue weighted by Crippen LogP contribution is -2.34. The molecule has 0 unspecified atom stereocenters. The summed E-state index contributed by atoms with van der Waals surface area (Å²) in [6, 6.07) is 9.35. The van der Waals surface area contributed by atoms with Gasteiger partial charge in [0.25, 0.3) is 5.91 Å². The van der Waals surface area contributed by atoms with Gasteiger partial charge in [0.1, 0.15) is 0 Å². The van der Waals surface area contributed by atoms with E-state index in [1.165, 1.54) is 0 Å². The number of anilines is 1. The summed E-state index contributed by atoms with van der Waals surface area (Å²) in [4.78, 5) is 14.4. The van der Waals surface area contributed by atoms with Gasteiger partial charge >= 0.3 is 0 Å². The molecule has 5 nitrogen and oxygen atoms in total. The van der Waals surface area contributed by atoms with Crippen molar-refractivity contribution in [2.24, 2.45) is 5.73 Å². The van der Waals surface area contributed by atoms with Gasteiger partial charge in [-0.25, -0.2) is 0 Å². The average molecular weight is 292 g/mol. The zero-order chi connectivity index (χ0) is 13.7. The van der Waals surface area contributed by atoms with E-state index in [-0.39, 0.29) is 5.91 Å². The number of thiocarbonyl (C=S) groups is 1. The predicted octanol–water partition coefficient (Wildman–Crippen LogP) is 1.86. The summed E-state index contributed by atoms with van der Waals surface area (Å²) in [6.07, 6.45) is 0.466. The molecule has 2 rings (SSSR count). The Labute approximate surface area is 120 Å². The molecule has 1 amide bonds. The summed E-state index contributed by atoms with van der Waals surface area (Å²) in [5, 5.41) is 5.43. The molecular formula is C12H12N4OS2. The van der Waals surface area contributed by atoms with Crippen molar-refractivity contribution in [3.8, 4) is 0 Å². The molecular weight excluding hydrogens is 280 g/mol. The summed E-state index contributed by atoms with van der Waals surface area (Å²) < 4.78 is 3.71. The first kappa shape index (κ1) is 13.6. The van der Waals surface area contributed by atoms with E-state index in [9.17, 15) is 4.79 Å². The highest BCUT2D eigenvalue weighted by atomic mass is 32.1. The molecule has 0 atom stereocenters. The number of nitrogens with two attached hydrogens (primary N) is 1. The van der Waals surface area contributed by atoms with Crippen LogP contribution in [0.25, 0.3) is 0 Å². The number of hydrogen-bond acceptors (Lipinski definition) is 5. The number of para-hydroxylation sites is 1. The third-order valence-electron chi connectivity index (χ3n) is 2.47. The Kier molecular flexibility index (Phi) is 4.53. The Morgan fingerprint density at radius 3 is 2.68 bits per heavy atom. The van der Waals surface area contributed by atoms with Crippen LogP contribution in [0.3, 0.4) is 0 Å². The molecule has 0 saturated heterocycles. The second-order valence-electron chi connectivity index (χ2n) is 3.80. The Morgan fingerprint density at radius 1 is 1.37 bits per heavy atom. The maximum Gasteiger partial charge on any atom is 0.279 e. The van der Waals surface area contributed by atoms with E-state index in [1.807, 2.05) is 30.3 Å². The van der Waals surface area contributed by atoms with E-state index in [2.05, 4.69) is 9.59 Å². The number of nitrogens with zero attached hydrogens (tertiary/aromatic N) is 3. The SMILES string of the molecule is NC(=S)CCN(C(=O)c1csnn1)c1ccccc1. The van der Waals surface area contributed by atoms with Crippen LogP contribution in [0.15, 0.2) is 35.7 Å². The maximum atomic E-state index is 12.4. The van der Waals surface area contributed by atoms with E-state index in [1.54, 1.807) is 10.3 Å². The molecule has 0 aliphatic carbocycles. The number of rotatable bonds is 5. The van der Waals surface area contributed by atoms with Gasteiger partial charge < -0.3 is 10.6 Å². The summed E-state index contributed by atoms with van der Waals surface area (Å²) >= 11 is 6.01. The second kappa shape index (κ2) is 6.35. The molecule has 0 aliphatic heterocycles. The summed E-state index contributed by atoms with van der Waals surface area (Å²) in [6.45, 7) is 0.426. The first-order chi connectivity index (χ1) is 9.18. The topological polar surface area (TPSA) is 72.1 Å². The number of amides is 1. The Morgan fingerprint density at radius 2 is 2.11 bits per heavy atom. The van der Waals surface area contributed by atoms with Gasteiger partial charge in [-0.2, -0.15) is 0 Å². The number of aromatic nitrogens is 2. The largest absolute Gasteiger partial charge is 0.393 e. The van der Waals surface area contributed by atoms with Crippen LogP contribution in [0.1, 0.15) is 16.9 Å². The minimum absolute atomic E-state index is 0.198. The molecule has 7 heteroatoms. The maximum absolute atomic E-state index is 12.4. The van der Waals surface area contributed by atoms with E-state index in [4.69, 9.17) is 18.0 Å². The zero-order valence-electron chi connectivity index (χ0n) is 10.0. The van der Waals surface area contributed by atoms with E-state index in [0.29, 0.717) is 23.6 Å². The Bertz CT molecular complexity index is 556. The fourth-order valence-electron chi connectivity index (χ4n) is 1.57. The molecule has 0 saturated carbocycles. The minimum atomic E-state index is -0.198. The van der Waals surface area contributed by atoms with Gasteiger partial charge in [-0.05, 0) is 23.7 Å². The van der Waals surface area contributed by atoms with Crippen LogP contribution in [0.2, 0.25) is 0 Å². The second-order valence-corrected chi connectivity index (χ2v) is 4.93. The highest BCUT2D eigenvalue weighted by Gasteiger charge is 2.19. The lowest BCUT2D eigenvalue weighted by Gasteiger charge is -2.21. The van der Waals surface area contributed by atoms with Crippen molar-refractivity contribution < 1.29 is 4.79 Å². The summed E-state index contributed by atoms with van der Waals surface area (Å²) in [5.41, 5.74) is 6.62. The molecule has 1 aromatic heterocycles. The van der Waals surface area contributed by atoms with Crippen LogP contribution in [0, 0.1) is 0 Å². The quantitative estimate of drug-likeness (QED) is 0.852. The first-order valence-electron chi connectivity index (χ1n) is 5.61. The van der Waals surface area contributed by atoms with E-state index in [0.717, 1.165) is 17.2 Å². The number of carbonyl (C=O) groups excluding carboxylic acids is 1. The van der Waals surface area contributed by atoms with Crippen LogP contribution >= 0.6 is 23.8 Å². The molecule has 19 heavy (non-hydrogen) atoms. The summed E-state index contributed by atoms with van der Waals surface area (Å²) in [7, 11) is 0. The van der Waals surface area contributed by atoms with Gasteiger partial charge in [-0.15, -0.1) is 5.10 Å². The van der Waals surface area contributed by atoms with E-state index < -0.39 is 0 Å². The van der Waals surface area contributed by atoms with Crippen molar-refractivity contribution in [1.82, 2.24) is 9.59 Å². The minimum Gasteiger partial charge on any atom is -0.393 e. The normalized spacial score (nSPS) is 10.1. The fourth-order valence-corrected chi connectivity index (χ4v) is 2.10. The van der Waals surface area contributed by atoms with Crippen LogP contribution in [0.5, 0.6) is 0 Å². The molecule has 0 fully saturated rings. The monoisotopic (exact) mass is 292 g/mol. The van der Waals surface area contributed by atoms with Gasteiger partial charge in [0.05, 0.1) is 4.99 Å². The highest BCUT2D eigenvalue weighted by molar-refractivity contribution is 7.80. The Hall–Kier alpha value is -1.86. The smallest absolute Gasteiger partial charge is 0.279 e. The van der Waals surface area contributed by atoms with Gasteiger partial charge in [-0.1, -0.05) is 34.9 Å². The molecule has 2 aromatic rings. The molecule has 98 valence electrons. The van der Waals surface area contributed by atoms with Gasteiger partial charge in [0.15, 0.2) is 5.69 Å². The average Bonchev–Trinajstić information content (AvgIpc) is 2.93. The molecule has 0 spiro atoms. The van der Waals surface area contributed by atoms with Crippen LogP contribution in [-0.2, 0) is 0 Å². The zero-order valence-corrected chi connectivity index (χ0v) is 11.7. The molecule has 0 bridgehead atoms. The molecule has 1 heterocycles. The van der Waals surface area contributed by atoms with Crippen LogP contribution in [-0.4, -0.2) is 27.0 Å². The molecule has 0 radical (unpaired) electrons. The predicted molar refractivity (Wildman–Crippen MR) is 79.4 cm³/mol. The van der Waals surface area contributed by atoms with Crippen molar-refractivity contribution in [3.05, 3.63) is 41.4 Å². The van der Waals surface area contributed by atoms with Crippen molar-refractivity contribution >= 4 is 40.3 Å². The van der Waals surface area contributed by atoms with Crippen molar-refractivity contribution in [3.63, 3.8) is 0 Å². The fraction of sp³-hybridized carbons (Fsp3) is 0.167. The number of benzene rings is 1. The third-order valence-corrected chi connectivity index (χ3v) is 3.18. The lowest BCUT2D eigenvalue weighted by molar-refractivity contribution is 0.0983. The molecule has 2 N–H and O–H groups in total. The van der Waals surface area contributed by atoms with Gasteiger partial charge in [-0.3, -0.25) is 4.79 Å². The van der Waals surface area contributed by atoms with Crippen LogP contribution in [0.4, 0.5) is 5.69 Å². The van der Waals surface area contributed by atoms with Crippen molar-refractivity contribution in [1.29, 1.82) is 0 Å². The standard InChI is InChI=1S/C12H12N4OS2/c13-11(18)6-7-16(9-4-2-1-3-5-9)12(17)10-8-19-15-14-10/h1-5,8H,6-7H2,(H2,13,18). The van der Waals surface area contributed by atoms with Crippen molar-refractivity contribution in [2.75, 3.05) is 11.4 Å². The number of carbonyl (C=O) groups is 1. The first-order valence-corrected chi connectivity index (χ1v) is 6.85. The van der Waals surface area contributed by atoms with Crippen molar-refractivity contribution in [2.45, 2.75) is 6.42 Å². The molecule has 0 aliphatic rings. The van der Waals surface area contributed by atoms with Gasteiger partial charge in [0, 0.05) is 24.0 Å². The third kappa shape index (κ3) is 3.55. The van der Waals surface area contributed by atoms with Gasteiger partial charge in [0.2, 0.25) is 0 Å². The highest BCUT2D eigenvalue weighted by Crippen LogP contribution is 2.16. The Balaban J connectivity index is 2.24. The number of hydrogen-bond donors (Lipinski definition) is 1. The van der Waals surface area contributed by atoms with E-state index >= 15 is 0 Å². The summed E-state index contributed by atoms with van der Waals surface area (Å²) in [5.74, 6) is -0.198.